The molecule has 4 aromatic rings. The highest BCUT2D eigenvalue weighted by Crippen LogP contribution is 2.58. The Bertz CT molecular complexity index is 2650. The van der Waals surface area contributed by atoms with Crippen molar-refractivity contribution >= 4 is 50.0 Å². The third-order valence-electron chi connectivity index (χ3n) is 10.8. The van der Waals surface area contributed by atoms with Gasteiger partial charge in [-0.05, 0) is 94.9 Å². The summed E-state index contributed by atoms with van der Waals surface area (Å²) in [6.07, 6.45) is -4.72. The van der Waals surface area contributed by atoms with Gasteiger partial charge in [0, 0.05) is 48.8 Å². The second-order valence-corrected chi connectivity index (χ2v) is 18.6. The number of nitrogens with one attached hydrogen (secondary N) is 5. The van der Waals surface area contributed by atoms with E-state index in [-0.39, 0.29) is 58.0 Å². The first-order valence-corrected chi connectivity index (χ1v) is 21.9. The predicted octanol–water partition coefficient (Wildman–Crippen LogP) is 6.72. The molecule has 21 heteroatoms. The highest BCUT2D eigenvalue weighted by atomic mass is 35.5. The van der Waals surface area contributed by atoms with Gasteiger partial charge in [-0.1, -0.05) is 23.6 Å². The first-order valence-electron chi connectivity index (χ1n) is 19.6. The third-order valence-corrected chi connectivity index (χ3v) is 11.7. The minimum Gasteiger partial charge on any atom is -0.374 e. The number of rotatable bonds is 15. The summed E-state index contributed by atoms with van der Waals surface area (Å²) in [5.41, 5.74) is -3.53. The molecule has 0 unspecified atom stereocenters. The van der Waals surface area contributed by atoms with Gasteiger partial charge in [0.25, 0.3) is 5.92 Å². The first kappa shape index (κ1) is 47.3. The summed E-state index contributed by atoms with van der Waals surface area (Å²) in [6, 6.07) is 7.60. The molecule has 0 spiro atoms. The van der Waals surface area contributed by atoms with E-state index in [2.05, 4.69) is 37.6 Å². The average Bonchev–Trinajstić information content (AvgIpc) is 3.52. The molecule has 2 heterocycles. The van der Waals surface area contributed by atoms with Crippen molar-refractivity contribution < 1.29 is 43.9 Å². The van der Waals surface area contributed by atoms with E-state index in [0.29, 0.717) is 30.2 Å². The maximum atomic E-state index is 15.6. The quantitative estimate of drug-likeness (QED) is 0.0500. The van der Waals surface area contributed by atoms with Crippen LogP contribution >= 0.6 is 11.6 Å². The number of nitrogens with zero attached hydrogens (tertiary/aromatic N) is 4. The zero-order chi connectivity index (χ0) is 46.4. The summed E-state index contributed by atoms with van der Waals surface area (Å²) in [4.78, 5) is 20.8. The number of carbonyl (C=O) groups is 1. The summed E-state index contributed by atoms with van der Waals surface area (Å²) < 4.78 is 130. The minimum atomic E-state index is -5.23. The number of likely N-dealkylation sites (N-methyl/N-ethyl adjacent to an activating group) is 1. The second-order valence-electron chi connectivity index (χ2n) is 16.4. The fourth-order valence-corrected chi connectivity index (χ4v) is 8.57. The van der Waals surface area contributed by atoms with Crippen LogP contribution in [-0.2, 0) is 28.3 Å². The molecule has 0 bridgehead atoms. The average molecular weight is 924 g/mol. The number of hydrogen-bond acceptors (Lipinski definition) is 9. The molecule has 2 aliphatic rings. The molecule has 5 N–H and O–H groups in total. The highest BCUT2D eigenvalue weighted by molar-refractivity contribution is 7.92. The van der Waals surface area contributed by atoms with E-state index in [1.165, 1.54) is 17.8 Å². The maximum absolute atomic E-state index is 15.6. The van der Waals surface area contributed by atoms with Gasteiger partial charge in [-0.3, -0.25) is 19.6 Å². The van der Waals surface area contributed by atoms with Crippen LogP contribution in [0.1, 0.15) is 49.7 Å². The van der Waals surface area contributed by atoms with Crippen LogP contribution in [0.25, 0.3) is 22.0 Å². The topological polar surface area (TPSA) is 157 Å². The molecule has 1 fully saturated rings. The van der Waals surface area contributed by atoms with Crippen LogP contribution in [0.4, 0.5) is 36.6 Å². The van der Waals surface area contributed by atoms with Crippen LogP contribution < -0.4 is 20.7 Å². The van der Waals surface area contributed by atoms with E-state index in [1.54, 1.807) is 18.2 Å². The number of carbonyl (C=O) groups excluding carboxylic acids is 1. The van der Waals surface area contributed by atoms with Gasteiger partial charge in [-0.15, -0.1) is 0 Å². The Morgan fingerprint density at radius 3 is 2.35 bits per heavy atom. The van der Waals surface area contributed by atoms with Crippen molar-refractivity contribution in [2.75, 3.05) is 44.7 Å². The molecule has 1 saturated carbocycles. The van der Waals surface area contributed by atoms with Crippen molar-refractivity contribution in [1.29, 1.82) is 5.41 Å². The summed E-state index contributed by atoms with van der Waals surface area (Å²) in [5.74, 6) is -3.33. The molecule has 0 saturated heterocycles. The van der Waals surface area contributed by atoms with Crippen LogP contribution in [0.15, 0.2) is 53.7 Å². The standard InChI is InChI=1S/C42H45ClF7N9O3S/c1-40(2,53-15-16-58(3)4)14-13-25-7-8-26(27-10-12-30(43)34-36(27)59(5)56-39(34)57-63(6,61)62)35(54-25)31(19-22-17-23(44)20-24(45)18-22)55-32(60)21-52-38-33(37(51)42(48,49)50)28-9-11-29(28)41(38,46)47/h7-8,10,12,17-18,20,28-29,31,51-53H,9,11,15-16,19,21H2,1-6H3,(H,55,60)(H,56,57)/t28-,29+,31-/m0/s1. The van der Waals surface area contributed by atoms with Gasteiger partial charge in [0.1, 0.15) is 23.0 Å². The molecule has 1 amide bonds. The number of aryl methyl sites for hydroxylation is 1. The lowest BCUT2D eigenvalue weighted by molar-refractivity contribution is -0.121. The number of hydrogen-bond donors (Lipinski definition) is 5. The minimum absolute atomic E-state index is 0.00907. The Morgan fingerprint density at radius 1 is 1.08 bits per heavy atom. The Morgan fingerprint density at radius 2 is 1.75 bits per heavy atom. The van der Waals surface area contributed by atoms with Crippen LogP contribution in [-0.4, -0.2) is 97.3 Å². The van der Waals surface area contributed by atoms with Gasteiger partial charge in [0.2, 0.25) is 15.9 Å². The molecule has 6 rings (SSSR count). The zero-order valence-corrected chi connectivity index (χ0v) is 36.5. The molecule has 3 atom stereocenters. The molecule has 338 valence electrons. The second kappa shape index (κ2) is 17.7. The molecule has 0 aliphatic heterocycles. The van der Waals surface area contributed by atoms with E-state index in [1.807, 2.05) is 32.8 Å². The number of allylic oxidation sites excluding steroid dienone is 2. The van der Waals surface area contributed by atoms with Gasteiger partial charge >= 0.3 is 6.18 Å². The summed E-state index contributed by atoms with van der Waals surface area (Å²) in [7, 11) is 1.52. The van der Waals surface area contributed by atoms with Gasteiger partial charge < -0.3 is 20.9 Å². The Labute approximate surface area is 364 Å². The van der Waals surface area contributed by atoms with Crippen LogP contribution in [0.2, 0.25) is 5.02 Å². The summed E-state index contributed by atoms with van der Waals surface area (Å²) in [5, 5.41) is 20.6. The Hall–Kier alpha value is -5.23. The summed E-state index contributed by atoms with van der Waals surface area (Å²) >= 11 is 6.62. The highest BCUT2D eigenvalue weighted by Gasteiger charge is 2.62. The van der Waals surface area contributed by atoms with Gasteiger partial charge in [-0.25, -0.2) is 22.2 Å². The van der Waals surface area contributed by atoms with Crippen molar-refractivity contribution in [3.8, 4) is 23.0 Å². The summed E-state index contributed by atoms with van der Waals surface area (Å²) in [6.45, 7) is 4.03. The number of anilines is 1. The molecule has 12 nitrogen and oxygen atoms in total. The van der Waals surface area contributed by atoms with Crippen molar-refractivity contribution in [2.24, 2.45) is 18.9 Å². The van der Waals surface area contributed by atoms with Gasteiger partial charge in [0.05, 0.1) is 51.7 Å². The number of alkyl halides is 5. The third kappa shape index (κ3) is 10.6. The Kier molecular flexibility index (Phi) is 13.3. The van der Waals surface area contributed by atoms with E-state index in [4.69, 9.17) is 22.0 Å². The lowest BCUT2D eigenvalue weighted by atomic mass is 9.71. The monoisotopic (exact) mass is 923 g/mol. The van der Waals surface area contributed by atoms with Gasteiger partial charge in [-0.2, -0.15) is 27.1 Å². The molecule has 63 heavy (non-hydrogen) atoms. The number of aromatic nitrogens is 3. The van der Waals surface area contributed by atoms with Crippen LogP contribution in [0, 0.1) is 40.7 Å². The van der Waals surface area contributed by atoms with Crippen molar-refractivity contribution in [3.63, 3.8) is 0 Å². The van der Waals surface area contributed by atoms with E-state index < -0.39 is 86.6 Å². The molecule has 0 radical (unpaired) electrons. The van der Waals surface area contributed by atoms with Gasteiger partial charge in [0.15, 0.2) is 5.82 Å². The van der Waals surface area contributed by atoms with Crippen molar-refractivity contribution in [1.82, 2.24) is 35.6 Å². The number of benzene rings is 2. The van der Waals surface area contributed by atoms with Crippen molar-refractivity contribution in [2.45, 2.75) is 56.8 Å². The van der Waals surface area contributed by atoms with Crippen LogP contribution in [0.3, 0.4) is 0 Å². The number of pyridine rings is 1. The number of amides is 1. The van der Waals surface area contributed by atoms with Crippen LogP contribution in [0.5, 0.6) is 0 Å². The molecular formula is C42H45ClF7N9O3S. The normalized spacial score (nSPS) is 17.8. The maximum Gasteiger partial charge on any atom is 0.433 e. The lowest BCUT2D eigenvalue weighted by Crippen LogP contribution is -2.42. The van der Waals surface area contributed by atoms with E-state index in [9.17, 15) is 35.2 Å². The first-order chi connectivity index (χ1) is 29.3. The van der Waals surface area contributed by atoms with E-state index in [0.717, 1.165) is 18.4 Å². The number of sulfonamides is 1. The SMILES string of the molecule is CN(C)CCNC(C)(C)C#Cc1ccc(-c2ccc(Cl)c3c(NS(C)(=O)=O)nn(C)c23)c([C@H](Cc2cc(F)cc(F)c2)NC(=O)CNC2=C(C(=N)C(F)(F)F)[C@H]3CC[C@H]3C2(F)F)n1. The Balaban J connectivity index is 1.48. The molecule has 2 aliphatic carbocycles. The largest absolute Gasteiger partial charge is 0.433 e. The van der Waals surface area contributed by atoms with E-state index >= 15 is 8.78 Å². The lowest BCUT2D eigenvalue weighted by Gasteiger charge is -2.35. The number of fused-ring (bicyclic) bond motifs is 2. The fourth-order valence-electron chi connectivity index (χ4n) is 7.84. The molecular weight excluding hydrogens is 879 g/mol. The van der Waals surface area contributed by atoms with Crippen molar-refractivity contribution in [3.05, 3.63) is 87.3 Å². The zero-order valence-electron chi connectivity index (χ0n) is 35.0. The number of halogens is 8. The molecule has 2 aromatic heterocycles. The molecule has 2 aromatic carbocycles. The fraction of sp³-hybridized carbons (Fsp3) is 0.429. The predicted molar refractivity (Wildman–Crippen MR) is 226 cm³/mol. The smallest absolute Gasteiger partial charge is 0.374 e.